The van der Waals surface area contributed by atoms with E-state index in [1.54, 1.807) is 0 Å². The zero-order chi connectivity index (χ0) is 13.9. The van der Waals surface area contributed by atoms with Crippen LogP contribution in [0, 0.1) is 0 Å². The van der Waals surface area contributed by atoms with Crippen LogP contribution < -0.4 is 15.2 Å². The van der Waals surface area contributed by atoms with Crippen LogP contribution >= 0.6 is 11.6 Å². The summed E-state index contributed by atoms with van der Waals surface area (Å²) in [6.07, 6.45) is -0.0391. The van der Waals surface area contributed by atoms with Gasteiger partial charge in [0.15, 0.2) is 0 Å². The summed E-state index contributed by atoms with van der Waals surface area (Å²) in [5.74, 6) is 0.406. The van der Waals surface area contributed by atoms with Crippen LogP contribution in [-0.2, 0) is 14.8 Å². The molecular formula is C11H15ClN2O4S. The average molecular weight is 307 g/mol. The van der Waals surface area contributed by atoms with Gasteiger partial charge in [-0.3, -0.25) is 0 Å². The fourth-order valence-electron chi connectivity index (χ4n) is 1.69. The highest BCUT2D eigenvalue weighted by atomic mass is 35.5. The van der Waals surface area contributed by atoms with Crippen LogP contribution in [0.4, 0.5) is 0 Å². The molecule has 106 valence electrons. The number of sulfonamides is 1. The third-order valence-corrected chi connectivity index (χ3v) is 3.87. The van der Waals surface area contributed by atoms with Gasteiger partial charge in [0.25, 0.3) is 0 Å². The van der Waals surface area contributed by atoms with Crippen LogP contribution in [-0.4, -0.2) is 40.8 Å². The molecule has 3 N–H and O–H groups in total. The van der Waals surface area contributed by atoms with E-state index >= 15 is 0 Å². The number of benzene rings is 1. The van der Waals surface area contributed by atoms with Gasteiger partial charge < -0.3 is 14.8 Å². The molecule has 19 heavy (non-hydrogen) atoms. The molecule has 1 aromatic rings. The third kappa shape index (κ3) is 4.05. The van der Waals surface area contributed by atoms with Crippen molar-refractivity contribution in [2.45, 2.75) is 11.0 Å². The van der Waals surface area contributed by atoms with Gasteiger partial charge in [0, 0.05) is 13.1 Å². The van der Waals surface area contributed by atoms with Gasteiger partial charge in [-0.1, -0.05) is 11.6 Å². The predicted molar refractivity (Wildman–Crippen MR) is 70.9 cm³/mol. The number of nitrogens with two attached hydrogens (primary N) is 1. The smallest absolute Gasteiger partial charge is 0.238 e. The zero-order valence-corrected chi connectivity index (χ0v) is 11.7. The van der Waals surface area contributed by atoms with Gasteiger partial charge in [-0.05, 0) is 18.2 Å². The molecular weight excluding hydrogens is 292 g/mol. The van der Waals surface area contributed by atoms with Crippen LogP contribution in [0.2, 0.25) is 5.02 Å². The van der Waals surface area contributed by atoms with Crippen LogP contribution in [0.15, 0.2) is 23.1 Å². The zero-order valence-electron chi connectivity index (χ0n) is 10.1. The summed E-state index contributed by atoms with van der Waals surface area (Å²) in [7, 11) is -3.75. The number of nitrogens with one attached hydrogen (secondary N) is 1. The number of morpholine rings is 1. The van der Waals surface area contributed by atoms with Crippen LogP contribution in [0.25, 0.3) is 0 Å². The van der Waals surface area contributed by atoms with Crippen molar-refractivity contribution in [2.24, 2.45) is 5.14 Å². The number of primary sulfonamides is 1. The number of hydrogen-bond donors (Lipinski definition) is 2. The number of halogens is 1. The quantitative estimate of drug-likeness (QED) is 0.838. The Balaban J connectivity index is 2.01. The molecule has 1 heterocycles. The molecule has 0 bridgehead atoms. The minimum Gasteiger partial charge on any atom is -0.489 e. The lowest BCUT2D eigenvalue weighted by Gasteiger charge is -2.23. The van der Waals surface area contributed by atoms with Crippen LogP contribution in [0.3, 0.4) is 0 Å². The first kappa shape index (κ1) is 14.5. The molecule has 6 nitrogen and oxygen atoms in total. The molecule has 1 aromatic carbocycles. The van der Waals surface area contributed by atoms with Gasteiger partial charge in [-0.2, -0.15) is 0 Å². The first-order chi connectivity index (χ1) is 8.97. The molecule has 1 aliphatic heterocycles. The Morgan fingerprint density at radius 3 is 2.89 bits per heavy atom. The van der Waals surface area contributed by atoms with Gasteiger partial charge >= 0.3 is 0 Å². The van der Waals surface area contributed by atoms with Crippen molar-refractivity contribution in [1.29, 1.82) is 0 Å². The molecule has 2 rings (SSSR count). The standard InChI is InChI=1S/C11H15ClN2O4S/c12-10-5-9(19(13,15)16)1-2-11(10)18-7-8-6-14-3-4-17-8/h1-2,5,8,14H,3-4,6-7H2,(H2,13,15,16)/t8-/m1/s1. The van der Waals surface area contributed by atoms with E-state index in [1.807, 2.05) is 0 Å². The number of ether oxygens (including phenoxy) is 2. The molecule has 0 radical (unpaired) electrons. The topological polar surface area (TPSA) is 90.7 Å². The van der Waals surface area contributed by atoms with Crippen LogP contribution in [0.1, 0.15) is 0 Å². The summed E-state index contributed by atoms with van der Waals surface area (Å²) in [6, 6.07) is 4.11. The molecule has 1 saturated heterocycles. The Morgan fingerprint density at radius 1 is 1.53 bits per heavy atom. The van der Waals surface area contributed by atoms with Crippen molar-refractivity contribution in [1.82, 2.24) is 5.32 Å². The second-order valence-corrected chi connectivity index (χ2v) is 6.11. The lowest BCUT2D eigenvalue weighted by Crippen LogP contribution is -2.41. The van der Waals surface area contributed by atoms with Gasteiger partial charge in [-0.15, -0.1) is 0 Å². The van der Waals surface area contributed by atoms with E-state index in [9.17, 15) is 8.42 Å². The normalized spacial score (nSPS) is 20.2. The van der Waals surface area contributed by atoms with Crippen molar-refractivity contribution >= 4 is 21.6 Å². The maximum Gasteiger partial charge on any atom is 0.238 e. The van der Waals surface area contributed by atoms with E-state index in [0.717, 1.165) is 6.54 Å². The highest BCUT2D eigenvalue weighted by Crippen LogP contribution is 2.27. The lowest BCUT2D eigenvalue weighted by atomic mass is 10.3. The van der Waals surface area contributed by atoms with Crippen molar-refractivity contribution in [3.05, 3.63) is 23.2 Å². The second-order valence-electron chi connectivity index (χ2n) is 4.15. The summed E-state index contributed by atoms with van der Waals surface area (Å²) in [5, 5.41) is 8.40. The summed E-state index contributed by atoms with van der Waals surface area (Å²) in [4.78, 5) is -0.0413. The van der Waals surface area contributed by atoms with Crippen LogP contribution in [0.5, 0.6) is 5.75 Å². The highest BCUT2D eigenvalue weighted by molar-refractivity contribution is 7.89. The molecule has 0 unspecified atom stereocenters. The van der Waals surface area contributed by atoms with E-state index in [0.29, 0.717) is 25.5 Å². The average Bonchev–Trinajstić information content (AvgIpc) is 2.37. The Labute approximate surface area is 116 Å². The Hall–Kier alpha value is -0.860. The predicted octanol–water partition coefficient (Wildman–Crippen LogP) is 0.355. The summed E-state index contributed by atoms with van der Waals surface area (Å²) in [5.41, 5.74) is 0. The van der Waals surface area contributed by atoms with Gasteiger partial charge in [0.05, 0.1) is 16.5 Å². The maximum absolute atomic E-state index is 11.2. The number of hydrogen-bond acceptors (Lipinski definition) is 5. The molecule has 8 heteroatoms. The summed E-state index contributed by atoms with van der Waals surface area (Å²) >= 11 is 5.95. The minimum absolute atomic E-state index is 0.0391. The maximum atomic E-state index is 11.2. The first-order valence-electron chi connectivity index (χ1n) is 5.74. The van der Waals surface area contributed by atoms with E-state index < -0.39 is 10.0 Å². The van der Waals surface area contributed by atoms with E-state index in [1.165, 1.54) is 18.2 Å². The molecule has 1 atom stereocenters. The molecule has 0 aliphatic carbocycles. The Kier molecular flexibility index (Phi) is 4.64. The van der Waals surface area contributed by atoms with Gasteiger partial charge in [0.1, 0.15) is 18.5 Å². The number of rotatable bonds is 4. The molecule has 0 amide bonds. The van der Waals surface area contributed by atoms with Gasteiger partial charge in [0.2, 0.25) is 10.0 Å². The van der Waals surface area contributed by atoms with Gasteiger partial charge in [-0.25, -0.2) is 13.6 Å². The minimum atomic E-state index is -3.75. The highest BCUT2D eigenvalue weighted by Gasteiger charge is 2.16. The monoisotopic (exact) mass is 306 g/mol. The molecule has 1 fully saturated rings. The van der Waals surface area contributed by atoms with Crippen molar-refractivity contribution in [3.8, 4) is 5.75 Å². The second kappa shape index (κ2) is 6.06. The Bertz CT molecular complexity index is 544. The lowest BCUT2D eigenvalue weighted by molar-refractivity contribution is 0.000207. The fraction of sp³-hybridized carbons (Fsp3) is 0.455. The first-order valence-corrected chi connectivity index (χ1v) is 7.67. The third-order valence-electron chi connectivity index (χ3n) is 2.66. The van der Waals surface area contributed by atoms with E-state index in [4.69, 9.17) is 26.2 Å². The fourth-order valence-corrected chi connectivity index (χ4v) is 2.52. The Morgan fingerprint density at radius 2 is 2.32 bits per heavy atom. The van der Waals surface area contributed by atoms with E-state index in [2.05, 4.69) is 5.32 Å². The van der Waals surface area contributed by atoms with Crippen molar-refractivity contribution in [3.63, 3.8) is 0 Å². The van der Waals surface area contributed by atoms with E-state index in [-0.39, 0.29) is 16.0 Å². The largest absolute Gasteiger partial charge is 0.489 e. The molecule has 0 aromatic heterocycles. The SMILES string of the molecule is NS(=O)(=O)c1ccc(OC[C@H]2CNCCO2)c(Cl)c1. The molecule has 0 saturated carbocycles. The summed E-state index contributed by atoms with van der Waals surface area (Å²) in [6.45, 7) is 2.54. The molecule has 1 aliphatic rings. The molecule has 0 spiro atoms. The summed E-state index contributed by atoms with van der Waals surface area (Å²) < 4.78 is 33.3. The van der Waals surface area contributed by atoms with Crippen molar-refractivity contribution < 1.29 is 17.9 Å². The van der Waals surface area contributed by atoms with Crippen molar-refractivity contribution in [2.75, 3.05) is 26.3 Å².